The summed E-state index contributed by atoms with van der Waals surface area (Å²) in [7, 11) is 1.46. The van der Waals surface area contributed by atoms with Crippen LogP contribution in [-0.2, 0) is 19.6 Å². The molecule has 2 amide bonds. The van der Waals surface area contributed by atoms with Crippen LogP contribution in [0.15, 0.2) is 27.6 Å². The van der Waals surface area contributed by atoms with Crippen LogP contribution in [-0.4, -0.2) is 117 Å². The third-order valence-corrected chi connectivity index (χ3v) is 10.5. The number of hydrogen-bond acceptors (Lipinski definition) is 10. The Morgan fingerprint density at radius 1 is 1.19 bits per heavy atom. The minimum absolute atomic E-state index is 0.0310. The third kappa shape index (κ3) is 10.5. The lowest BCUT2D eigenvalue weighted by molar-refractivity contribution is -0.116. The number of benzene rings is 1. The first-order chi connectivity index (χ1) is 22.1. The molecule has 1 aromatic heterocycles. The van der Waals surface area contributed by atoms with Crippen LogP contribution in [0, 0.1) is 19.8 Å². The lowest BCUT2D eigenvalue weighted by atomic mass is 10.0. The molecule has 2 aromatic rings. The predicted molar refractivity (Wildman–Crippen MR) is 179 cm³/mol. The van der Waals surface area contributed by atoms with E-state index in [1.165, 1.54) is 11.4 Å². The highest BCUT2D eigenvalue weighted by Crippen LogP contribution is 2.29. The molecule has 47 heavy (non-hydrogen) atoms. The first-order valence-electron chi connectivity index (χ1n) is 16.3. The number of amides is 2. The quantitative estimate of drug-likeness (QED) is 0.359. The molecule has 1 aromatic carbocycles. The number of sulfonamides is 1. The van der Waals surface area contributed by atoms with Gasteiger partial charge in [-0.05, 0) is 92.2 Å². The van der Waals surface area contributed by atoms with Crippen molar-refractivity contribution in [1.29, 1.82) is 0 Å². The summed E-state index contributed by atoms with van der Waals surface area (Å²) in [6.45, 7) is 9.82. The van der Waals surface area contributed by atoms with Crippen LogP contribution in [0.1, 0.15) is 74.7 Å². The third-order valence-electron chi connectivity index (χ3n) is 8.42. The van der Waals surface area contributed by atoms with Crippen molar-refractivity contribution in [1.82, 2.24) is 19.3 Å². The molecule has 13 nitrogen and oxygen atoms in total. The zero-order chi connectivity index (χ0) is 34.9. The molecule has 0 fully saturated rings. The summed E-state index contributed by atoms with van der Waals surface area (Å²) in [5, 5.41) is 16.9. The lowest BCUT2D eigenvalue weighted by Gasteiger charge is -2.35. The Labute approximate surface area is 279 Å². The first kappa shape index (κ1) is 38.4. The highest BCUT2D eigenvalue weighted by atomic mass is 32.2. The molecule has 1 aliphatic heterocycles. The Morgan fingerprint density at radius 2 is 1.91 bits per heavy atom. The standard InChI is InChI=1S/C33H53N5O8S/c1-22-19-38(23(2)21-39)33(41)28-18-27(34-31(40)13-11-16-36(6)7)14-15-29(28)45-24(3)12-9-10-17-44-30(22)20-37(8)47(42,43)32-25(4)35-46-26(32)5/h14-15,18,22-24,30,39H,9-13,16-17,19-21H2,1-8H3,(H,34,40)/t22-,23-,24-,30+/m1/s1. The fourth-order valence-electron chi connectivity index (χ4n) is 5.59. The molecule has 1 aliphatic rings. The number of fused-ring (bicyclic) bond motifs is 1. The van der Waals surface area contributed by atoms with Crippen molar-refractivity contribution in [3.8, 4) is 5.75 Å². The molecule has 0 bridgehead atoms. The predicted octanol–water partition coefficient (Wildman–Crippen LogP) is 3.69. The molecule has 0 saturated heterocycles. The Morgan fingerprint density at radius 3 is 2.55 bits per heavy atom. The Bertz CT molecular complexity index is 1430. The van der Waals surface area contributed by atoms with Gasteiger partial charge >= 0.3 is 0 Å². The monoisotopic (exact) mass is 679 g/mol. The minimum atomic E-state index is -3.94. The number of carbonyl (C=O) groups is 2. The van der Waals surface area contributed by atoms with E-state index in [-0.39, 0.29) is 65.4 Å². The normalized spacial score (nSPS) is 20.9. The number of carbonyl (C=O) groups excluding carboxylic acids is 2. The molecular weight excluding hydrogens is 626 g/mol. The number of ether oxygens (including phenoxy) is 2. The number of rotatable bonds is 11. The van der Waals surface area contributed by atoms with E-state index in [0.29, 0.717) is 37.3 Å². The topological polar surface area (TPSA) is 155 Å². The van der Waals surface area contributed by atoms with E-state index in [1.54, 1.807) is 43.9 Å². The van der Waals surface area contributed by atoms with Crippen LogP contribution >= 0.6 is 0 Å². The second-order valence-electron chi connectivity index (χ2n) is 12.9. The molecule has 14 heteroatoms. The number of nitrogens with one attached hydrogen (secondary N) is 1. The summed E-state index contributed by atoms with van der Waals surface area (Å²) in [6, 6.07) is 4.49. The van der Waals surface area contributed by atoms with E-state index in [4.69, 9.17) is 14.0 Å². The number of aryl methyl sites for hydroxylation is 2. The molecule has 3 rings (SSSR count). The number of aliphatic hydroxyl groups is 1. The molecule has 0 unspecified atom stereocenters. The molecule has 2 heterocycles. The van der Waals surface area contributed by atoms with Crippen LogP contribution in [0.3, 0.4) is 0 Å². The Kier molecular flexibility index (Phi) is 14.2. The number of likely N-dealkylation sites (N-methyl/N-ethyl adjacent to an activating group) is 1. The summed E-state index contributed by atoms with van der Waals surface area (Å²) in [6.07, 6.45) is 2.50. The van der Waals surface area contributed by atoms with Crippen molar-refractivity contribution in [3.05, 3.63) is 35.2 Å². The van der Waals surface area contributed by atoms with Crippen molar-refractivity contribution in [2.75, 3.05) is 59.3 Å². The molecule has 0 saturated carbocycles. The zero-order valence-electron chi connectivity index (χ0n) is 29.1. The average Bonchev–Trinajstić information content (AvgIpc) is 3.36. The van der Waals surface area contributed by atoms with Gasteiger partial charge in [0, 0.05) is 44.8 Å². The number of nitrogens with zero attached hydrogens (tertiary/aromatic N) is 4. The maximum Gasteiger partial charge on any atom is 0.258 e. The van der Waals surface area contributed by atoms with Crippen LogP contribution in [0.4, 0.5) is 5.69 Å². The molecular formula is C33H53N5O8S. The number of aliphatic hydroxyl groups excluding tert-OH is 1. The van der Waals surface area contributed by atoms with Gasteiger partial charge in [0.2, 0.25) is 15.9 Å². The highest BCUT2D eigenvalue weighted by molar-refractivity contribution is 7.89. The van der Waals surface area contributed by atoms with Crippen LogP contribution in [0.5, 0.6) is 5.75 Å². The zero-order valence-corrected chi connectivity index (χ0v) is 29.9. The molecule has 0 radical (unpaired) electrons. The number of aromatic nitrogens is 1. The van der Waals surface area contributed by atoms with Crippen LogP contribution in [0.25, 0.3) is 0 Å². The van der Waals surface area contributed by atoms with Crippen molar-refractivity contribution >= 4 is 27.5 Å². The molecule has 2 N–H and O–H groups in total. The van der Waals surface area contributed by atoms with Gasteiger partial charge in [-0.1, -0.05) is 12.1 Å². The second-order valence-corrected chi connectivity index (χ2v) is 14.9. The smallest absolute Gasteiger partial charge is 0.258 e. The Hall–Kier alpha value is -3.04. The first-order valence-corrected chi connectivity index (χ1v) is 17.8. The summed E-state index contributed by atoms with van der Waals surface area (Å²) < 4.78 is 46.0. The molecule has 264 valence electrons. The molecule has 0 aliphatic carbocycles. The van der Waals surface area contributed by atoms with Gasteiger partial charge in [-0.25, -0.2) is 8.42 Å². The lowest BCUT2D eigenvalue weighted by Crippen LogP contribution is -2.48. The maximum atomic E-state index is 14.3. The van der Waals surface area contributed by atoms with Crippen molar-refractivity contribution < 1.29 is 37.1 Å². The van der Waals surface area contributed by atoms with Crippen molar-refractivity contribution in [2.24, 2.45) is 5.92 Å². The summed E-state index contributed by atoms with van der Waals surface area (Å²) in [4.78, 5) is 30.6. The summed E-state index contributed by atoms with van der Waals surface area (Å²) in [5.41, 5.74) is 1.02. The van der Waals surface area contributed by atoms with E-state index in [9.17, 15) is 23.1 Å². The van der Waals surface area contributed by atoms with E-state index in [2.05, 4.69) is 10.5 Å². The fourth-order valence-corrected chi connectivity index (χ4v) is 7.06. The average molecular weight is 680 g/mol. The number of anilines is 1. The molecule has 4 atom stereocenters. The van der Waals surface area contributed by atoms with E-state index in [1.807, 2.05) is 32.8 Å². The fraction of sp³-hybridized carbons (Fsp3) is 0.667. The summed E-state index contributed by atoms with van der Waals surface area (Å²) >= 11 is 0. The Balaban J connectivity index is 1.94. The molecule has 0 spiro atoms. The number of hydrogen-bond donors (Lipinski definition) is 2. The van der Waals surface area contributed by atoms with Crippen LogP contribution < -0.4 is 10.1 Å². The van der Waals surface area contributed by atoms with Gasteiger partial charge in [0.05, 0.1) is 30.4 Å². The maximum absolute atomic E-state index is 14.3. The van der Waals surface area contributed by atoms with Gasteiger partial charge in [-0.2, -0.15) is 4.31 Å². The van der Waals surface area contributed by atoms with E-state index in [0.717, 1.165) is 19.4 Å². The van der Waals surface area contributed by atoms with Gasteiger partial charge < -0.3 is 34.2 Å². The van der Waals surface area contributed by atoms with Crippen molar-refractivity contribution in [2.45, 2.75) is 89.9 Å². The minimum Gasteiger partial charge on any atom is -0.490 e. The summed E-state index contributed by atoms with van der Waals surface area (Å²) in [5.74, 6) is -0.259. The van der Waals surface area contributed by atoms with Gasteiger partial charge in [0.25, 0.3) is 5.91 Å². The van der Waals surface area contributed by atoms with Gasteiger partial charge in [0.1, 0.15) is 16.3 Å². The van der Waals surface area contributed by atoms with E-state index < -0.39 is 22.2 Å². The van der Waals surface area contributed by atoms with Gasteiger partial charge in [-0.3, -0.25) is 9.59 Å². The SMILES string of the molecule is Cc1noc(C)c1S(=O)(=O)N(C)C[C@@H]1OCCCC[C@@H](C)Oc2ccc(NC(=O)CCCN(C)C)cc2C(=O)N([C@H](C)CO)C[C@H]1C. The largest absolute Gasteiger partial charge is 0.490 e. The van der Waals surface area contributed by atoms with E-state index >= 15 is 0 Å². The van der Waals surface area contributed by atoms with Crippen molar-refractivity contribution in [3.63, 3.8) is 0 Å². The van der Waals surface area contributed by atoms with Gasteiger partial charge in [0.15, 0.2) is 5.76 Å². The van der Waals surface area contributed by atoms with Crippen LogP contribution in [0.2, 0.25) is 0 Å². The van der Waals surface area contributed by atoms with Gasteiger partial charge in [-0.15, -0.1) is 0 Å². The highest BCUT2D eigenvalue weighted by Gasteiger charge is 2.34. The second kappa shape index (κ2) is 17.4.